The molecule has 1 spiro atoms. The lowest BCUT2D eigenvalue weighted by molar-refractivity contribution is 0.100. The molecule has 2 aliphatic heterocycles. The fraction of sp³-hybridized carbons (Fsp3) is 0.318. The summed E-state index contributed by atoms with van der Waals surface area (Å²) in [5.41, 5.74) is 7.70. The third kappa shape index (κ3) is 3.24. The van der Waals surface area contributed by atoms with Crippen LogP contribution in [-0.4, -0.2) is 46.3 Å². The molecule has 5 rings (SSSR count). The Bertz CT molecular complexity index is 1230. The molecule has 0 aliphatic carbocycles. The zero-order valence-corrected chi connectivity index (χ0v) is 17.8. The number of pyridine rings is 1. The van der Waals surface area contributed by atoms with Crippen LogP contribution in [0.4, 0.5) is 0 Å². The molecule has 0 bridgehead atoms. The first-order chi connectivity index (χ1) is 14.9. The monoisotopic (exact) mass is 437 g/mol. The van der Waals surface area contributed by atoms with Crippen molar-refractivity contribution in [3.8, 4) is 11.3 Å². The van der Waals surface area contributed by atoms with Gasteiger partial charge in [0.2, 0.25) is 15.9 Å². The first kappa shape index (κ1) is 19.9. The van der Waals surface area contributed by atoms with Crippen LogP contribution in [-0.2, 0) is 22.0 Å². The molecule has 1 saturated heterocycles. The van der Waals surface area contributed by atoms with Gasteiger partial charge >= 0.3 is 0 Å². The van der Waals surface area contributed by atoms with Crippen LogP contribution in [0.5, 0.6) is 0 Å². The third-order valence-electron chi connectivity index (χ3n) is 6.56. The largest absolute Gasteiger partial charge is 0.366 e. The molecule has 1 fully saturated rings. The molecule has 160 valence electrons. The molecule has 0 atom stereocenters. The molecule has 9 heteroatoms. The van der Waals surface area contributed by atoms with E-state index in [4.69, 9.17) is 10.7 Å². The predicted molar refractivity (Wildman–Crippen MR) is 115 cm³/mol. The number of nitrogens with two attached hydrogens (primary N) is 1. The number of primary amides is 1. The molecule has 2 aromatic heterocycles. The van der Waals surface area contributed by atoms with E-state index >= 15 is 0 Å². The highest BCUT2D eigenvalue weighted by atomic mass is 32.2. The van der Waals surface area contributed by atoms with Crippen LogP contribution in [0.15, 0.2) is 59.9 Å². The number of benzene rings is 1. The Morgan fingerprint density at radius 1 is 1.00 bits per heavy atom. The number of carbonyl (C=O) groups excluding carboxylic acids is 1. The maximum atomic E-state index is 12.9. The number of sulfonamides is 1. The minimum Gasteiger partial charge on any atom is -0.366 e. The number of piperidine rings is 1. The highest BCUT2D eigenvalue weighted by Crippen LogP contribution is 2.45. The van der Waals surface area contributed by atoms with Gasteiger partial charge in [-0.05, 0) is 49.1 Å². The van der Waals surface area contributed by atoms with Crippen molar-refractivity contribution < 1.29 is 13.2 Å². The lowest BCUT2D eigenvalue weighted by Crippen LogP contribution is -2.44. The highest BCUT2D eigenvalue weighted by molar-refractivity contribution is 7.89. The van der Waals surface area contributed by atoms with Gasteiger partial charge in [0, 0.05) is 43.0 Å². The van der Waals surface area contributed by atoms with Gasteiger partial charge in [-0.2, -0.15) is 4.31 Å². The van der Waals surface area contributed by atoms with Gasteiger partial charge in [0.25, 0.3) is 0 Å². The molecule has 0 radical (unpaired) electrons. The van der Waals surface area contributed by atoms with E-state index in [0.29, 0.717) is 18.7 Å². The van der Waals surface area contributed by atoms with Crippen molar-refractivity contribution in [2.24, 2.45) is 5.73 Å². The van der Waals surface area contributed by atoms with E-state index in [2.05, 4.69) is 9.55 Å². The van der Waals surface area contributed by atoms with Crippen molar-refractivity contribution in [3.63, 3.8) is 0 Å². The summed E-state index contributed by atoms with van der Waals surface area (Å²) in [5, 5.41) is 0. The van der Waals surface area contributed by atoms with E-state index in [-0.39, 0.29) is 10.3 Å². The van der Waals surface area contributed by atoms with E-state index in [9.17, 15) is 13.2 Å². The first-order valence-electron chi connectivity index (χ1n) is 10.3. The standard InChI is InChI=1S/C22H23N5O3S/c23-20(28)17-5-3-16(4-6-17)19-15-25-21-22(9-13-27(19)21)7-11-26(12-8-22)31(29,30)18-2-1-10-24-14-18/h1-6,10,14-15H,7-9,11-13H2,(H2,23,28). The van der Waals surface area contributed by atoms with Crippen LogP contribution in [0.3, 0.4) is 0 Å². The average molecular weight is 438 g/mol. The number of imidazole rings is 1. The highest BCUT2D eigenvalue weighted by Gasteiger charge is 2.45. The van der Waals surface area contributed by atoms with Crippen molar-refractivity contribution in [2.45, 2.75) is 36.1 Å². The van der Waals surface area contributed by atoms with Crippen molar-refractivity contribution in [3.05, 3.63) is 66.4 Å². The lowest BCUT2D eigenvalue weighted by Gasteiger charge is -2.37. The average Bonchev–Trinajstić information content (AvgIpc) is 3.37. The Morgan fingerprint density at radius 3 is 2.35 bits per heavy atom. The number of fused-ring (bicyclic) bond motifs is 2. The molecule has 2 aliphatic rings. The summed E-state index contributed by atoms with van der Waals surface area (Å²) in [7, 11) is -3.53. The second-order valence-electron chi connectivity index (χ2n) is 8.18. The summed E-state index contributed by atoms with van der Waals surface area (Å²) in [6.45, 7) is 1.77. The van der Waals surface area contributed by atoms with Crippen LogP contribution in [0.25, 0.3) is 11.3 Å². The fourth-order valence-corrected chi connectivity index (χ4v) is 6.18. The molecule has 3 aromatic rings. The number of aromatic nitrogens is 3. The molecule has 0 unspecified atom stereocenters. The van der Waals surface area contributed by atoms with Crippen LogP contribution in [0.2, 0.25) is 0 Å². The maximum Gasteiger partial charge on any atom is 0.248 e. The quantitative estimate of drug-likeness (QED) is 0.672. The topological polar surface area (TPSA) is 111 Å². The Hall–Kier alpha value is -3.04. The molecular formula is C22H23N5O3S. The Morgan fingerprint density at radius 2 is 1.71 bits per heavy atom. The van der Waals surface area contributed by atoms with E-state index in [1.807, 2.05) is 18.3 Å². The molecule has 31 heavy (non-hydrogen) atoms. The Kier molecular flexibility index (Phi) is 4.67. The van der Waals surface area contributed by atoms with E-state index < -0.39 is 15.9 Å². The molecule has 2 N–H and O–H groups in total. The summed E-state index contributed by atoms with van der Waals surface area (Å²) in [6, 6.07) is 10.5. The SMILES string of the molecule is NC(=O)c1ccc(-c2cnc3n2CCC32CCN(S(=O)(=O)c3cccnc3)CC2)cc1. The molecule has 1 amide bonds. The molecule has 8 nitrogen and oxygen atoms in total. The van der Waals surface area contributed by atoms with Gasteiger partial charge in [-0.1, -0.05) is 12.1 Å². The van der Waals surface area contributed by atoms with Gasteiger partial charge in [-0.25, -0.2) is 13.4 Å². The van der Waals surface area contributed by atoms with Gasteiger partial charge in [0.05, 0.1) is 11.9 Å². The Balaban J connectivity index is 1.37. The number of amides is 1. The van der Waals surface area contributed by atoms with Crippen LogP contribution < -0.4 is 5.73 Å². The number of carbonyl (C=O) groups is 1. The van der Waals surface area contributed by atoms with Gasteiger partial charge in [0.15, 0.2) is 0 Å². The normalized spacial score (nSPS) is 18.2. The van der Waals surface area contributed by atoms with Crippen LogP contribution in [0.1, 0.15) is 35.4 Å². The minimum absolute atomic E-state index is 0.105. The molecule has 0 saturated carbocycles. The number of nitrogens with zero attached hydrogens (tertiary/aromatic N) is 4. The molecule has 4 heterocycles. The van der Waals surface area contributed by atoms with E-state index in [1.54, 1.807) is 34.8 Å². The minimum atomic E-state index is -3.53. The van der Waals surface area contributed by atoms with Gasteiger partial charge in [-0.3, -0.25) is 9.78 Å². The smallest absolute Gasteiger partial charge is 0.248 e. The van der Waals surface area contributed by atoms with Crippen LogP contribution in [0, 0.1) is 0 Å². The number of hydrogen-bond donors (Lipinski definition) is 1. The first-order valence-corrected chi connectivity index (χ1v) is 11.7. The van der Waals surface area contributed by atoms with Gasteiger partial charge in [-0.15, -0.1) is 0 Å². The van der Waals surface area contributed by atoms with Crippen molar-refractivity contribution in [2.75, 3.05) is 13.1 Å². The third-order valence-corrected chi connectivity index (χ3v) is 8.44. The fourth-order valence-electron chi connectivity index (χ4n) is 4.78. The summed E-state index contributed by atoms with van der Waals surface area (Å²) in [6.07, 6.45) is 7.27. The van der Waals surface area contributed by atoms with Gasteiger partial charge < -0.3 is 10.3 Å². The van der Waals surface area contributed by atoms with Crippen molar-refractivity contribution in [1.29, 1.82) is 0 Å². The second kappa shape index (κ2) is 7.28. The summed E-state index contributed by atoms with van der Waals surface area (Å²) in [5.74, 6) is 0.580. The predicted octanol–water partition coefficient (Wildman–Crippen LogP) is 2.17. The lowest BCUT2D eigenvalue weighted by atomic mass is 9.77. The Labute approximate surface area is 180 Å². The number of hydrogen-bond acceptors (Lipinski definition) is 5. The molecular weight excluding hydrogens is 414 g/mol. The molecule has 1 aromatic carbocycles. The zero-order valence-electron chi connectivity index (χ0n) is 16.9. The zero-order chi connectivity index (χ0) is 21.6. The summed E-state index contributed by atoms with van der Waals surface area (Å²) < 4.78 is 29.7. The van der Waals surface area contributed by atoms with E-state index in [0.717, 1.165) is 42.9 Å². The van der Waals surface area contributed by atoms with Gasteiger partial charge in [0.1, 0.15) is 10.7 Å². The second-order valence-corrected chi connectivity index (χ2v) is 10.1. The number of rotatable bonds is 4. The van der Waals surface area contributed by atoms with Crippen LogP contribution >= 0.6 is 0 Å². The summed E-state index contributed by atoms with van der Waals surface area (Å²) >= 11 is 0. The maximum absolute atomic E-state index is 12.9. The van der Waals surface area contributed by atoms with Crippen molar-refractivity contribution >= 4 is 15.9 Å². The van der Waals surface area contributed by atoms with E-state index in [1.165, 1.54) is 6.20 Å². The van der Waals surface area contributed by atoms with Crippen molar-refractivity contribution in [1.82, 2.24) is 18.8 Å². The summed E-state index contributed by atoms with van der Waals surface area (Å²) in [4.78, 5) is 20.3.